The van der Waals surface area contributed by atoms with Gasteiger partial charge < -0.3 is 25.3 Å². The second-order valence-corrected chi connectivity index (χ2v) is 4.39. The van der Waals surface area contributed by atoms with Crippen LogP contribution in [0, 0.1) is 0 Å². The van der Waals surface area contributed by atoms with Crippen LogP contribution in [0.25, 0.3) is 0 Å². The maximum atomic E-state index is 12.3. The Hall–Kier alpha value is -2.00. The van der Waals surface area contributed by atoms with Crippen molar-refractivity contribution in [2.24, 2.45) is 10.7 Å². The van der Waals surface area contributed by atoms with E-state index in [-0.39, 0.29) is 17.4 Å². The molecule has 0 aliphatic rings. The molecule has 0 saturated heterocycles. The maximum Gasteiger partial charge on any atom is 0.573 e. The molecule has 0 heterocycles. The minimum absolute atomic E-state index is 0.000107. The van der Waals surface area contributed by atoms with E-state index in [1.165, 1.54) is 18.2 Å². The number of anilines is 1. The van der Waals surface area contributed by atoms with Crippen molar-refractivity contribution in [2.45, 2.75) is 12.8 Å². The van der Waals surface area contributed by atoms with E-state index in [0.29, 0.717) is 32.8 Å². The predicted molar refractivity (Wildman–Crippen MR) is 80.5 cm³/mol. The van der Waals surface area contributed by atoms with Crippen LogP contribution in [0.2, 0.25) is 0 Å². The molecule has 1 aromatic rings. The fraction of sp³-hybridized carbons (Fsp3) is 0.500. The molecule has 0 unspecified atom stereocenters. The summed E-state index contributed by atoms with van der Waals surface area (Å²) in [5.41, 5.74) is 5.73. The number of nitrogens with two attached hydrogens (primary N) is 1. The molecule has 0 radical (unpaired) electrons. The molecule has 0 aliphatic carbocycles. The van der Waals surface area contributed by atoms with Gasteiger partial charge in [0.15, 0.2) is 11.7 Å². The van der Waals surface area contributed by atoms with Crippen LogP contribution in [-0.4, -0.2) is 45.8 Å². The zero-order valence-electron chi connectivity index (χ0n) is 12.7. The van der Waals surface area contributed by atoms with E-state index in [4.69, 9.17) is 15.2 Å². The highest BCUT2D eigenvalue weighted by molar-refractivity contribution is 5.93. The third kappa shape index (κ3) is 8.89. The van der Waals surface area contributed by atoms with E-state index in [9.17, 15) is 13.2 Å². The normalized spacial score (nSPS) is 12.3. The van der Waals surface area contributed by atoms with Crippen molar-refractivity contribution in [3.05, 3.63) is 24.3 Å². The number of methoxy groups -OCH3 is 1. The van der Waals surface area contributed by atoms with Gasteiger partial charge in [-0.05, 0) is 18.6 Å². The summed E-state index contributed by atoms with van der Waals surface area (Å²) in [5, 5.41) is 2.59. The van der Waals surface area contributed by atoms with Crippen LogP contribution in [0.3, 0.4) is 0 Å². The van der Waals surface area contributed by atoms with Gasteiger partial charge in [-0.25, -0.2) is 0 Å². The molecule has 0 bridgehead atoms. The number of ether oxygens (including phenoxy) is 3. The number of guanidine groups is 1. The number of nitrogens with zero attached hydrogens (tertiary/aromatic N) is 1. The molecule has 0 atom stereocenters. The highest BCUT2D eigenvalue weighted by atomic mass is 19.4. The Morgan fingerprint density at radius 2 is 1.96 bits per heavy atom. The van der Waals surface area contributed by atoms with Gasteiger partial charge in [-0.1, -0.05) is 12.1 Å². The van der Waals surface area contributed by atoms with Gasteiger partial charge >= 0.3 is 6.36 Å². The zero-order chi connectivity index (χ0) is 17.1. The predicted octanol–water partition coefficient (Wildman–Crippen LogP) is 2.36. The Morgan fingerprint density at radius 3 is 2.65 bits per heavy atom. The quantitative estimate of drug-likeness (QED) is 0.411. The van der Waals surface area contributed by atoms with Gasteiger partial charge in [0.1, 0.15) is 0 Å². The van der Waals surface area contributed by atoms with Crippen molar-refractivity contribution in [1.29, 1.82) is 0 Å². The first-order valence-electron chi connectivity index (χ1n) is 6.91. The first kappa shape index (κ1) is 19.0. The number of para-hydroxylation sites is 2. The molecule has 23 heavy (non-hydrogen) atoms. The van der Waals surface area contributed by atoms with Crippen LogP contribution in [0.5, 0.6) is 5.75 Å². The average molecular weight is 335 g/mol. The van der Waals surface area contributed by atoms with Gasteiger partial charge in [-0.3, -0.25) is 4.99 Å². The fourth-order valence-corrected chi connectivity index (χ4v) is 1.57. The molecule has 6 nitrogen and oxygen atoms in total. The lowest BCUT2D eigenvalue weighted by molar-refractivity contribution is -0.274. The number of hydrogen-bond donors (Lipinski definition) is 2. The summed E-state index contributed by atoms with van der Waals surface area (Å²) >= 11 is 0. The summed E-state index contributed by atoms with van der Waals surface area (Å²) in [4.78, 5) is 4.01. The summed E-state index contributed by atoms with van der Waals surface area (Å²) < 4.78 is 50.9. The first-order valence-corrected chi connectivity index (χ1v) is 6.91. The standard InChI is InChI=1S/C14H20F3N3O3/c1-21-9-10-22-8-4-7-19-13(18)20-11-5-2-3-6-12(11)23-14(15,16)17/h2-3,5-6H,4,7-10H2,1H3,(H3,18,19,20). The Kier molecular flexibility index (Phi) is 8.20. The van der Waals surface area contributed by atoms with Crippen molar-refractivity contribution >= 4 is 11.6 Å². The molecule has 0 aliphatic heterocycles. The summed E-state index contributed by atoms with van der Waals surface area (Å²) in [6, 6.07) is 5.59. The van der Waals surface area contributed by atoms with Gasteiger partial charge in [0, 0.05) is 20.3 Å². The lowest BCUT2D eigenvalue weighted by Crippen LogP contribution is -2.24. The molecule has 9 heteroatoms. The van der Waals surface area contributed by atoms with Gasteiger partial charge in [-0.15, -0.1) is 13.2 Å². The van der Waals surface area contributed by atoms with Crippen molar-refractivity contribution in [3.63, 3.8) is 0 Å². The van der Waals surface area contributed by atoms with Crippen LogP contribution >= 0.6 is 0 Å². The average Bonchev–Trinajstić information content (AvgIpc) is 2.47. The van der Waals surface area contributed by atoms with Crippen molar-refractivity contribution in [2.75, 3.05) is 38.8 Å². The number of hydrogen-bond acceptors (Lipinski definition) is 4. The zero-order valence-corrected chi connectivity index (χ0v) is 12.7. The highest BCUT2D eigenvalue weighted by Crippen LogP contribution is 2.29. The molecule has 0 aromatic heterocycles. The van der Waals surface area contributed by atoms with Crippen molar-refractivity contribution in [1.82, 2.24) is 0 Å². The lowest BCUT2D eigenvalue weighted by Gasteiger charge is -2.14. The van der Waals surface area contributed by atoms with Gasteiger partial charge in [0.25, 0.3) is 0 Å². The molecule has 130 valence electrons. The molecular formula is C14H20F3N3O3. The van der Waals surface area contributed by atoms with Crippen LogP contribution in [0.4, 0.5) is 18.9 Å². The van der Waals surface area contributed by atoms with Crippen molar-refractivity contribution in [3.8, 4) is 5.75 Å². The Balaban J connectivity index is 2.44. The van der Waals surface area contributed by atoms with E-state index in [1.54, 1.807) is 13.2 Å². The van der Waals surface area contributed by atoms with E-state index in [0.717, 1.165) is 0 Å². The number of halogens is 3. The van der Waals surface area contributed by atoms with E-state index < -0.39 is 6.36 Å². The Bertz CT molecular complexity index is 496. The topological polar surface area (TPSA) is 78.1 Å². The van der Waals surface area contributed by atoms with E-state index in [1.807, 2.05) is 0 Å². The smallest absolute Gasteiger partial charge is 0.404 e. The van der Waals surface area contributed by atoms with Crippen LogP contribution in [0.1, 0.15) is 6.42 Å². The minimum Gasteiger partial charge on any atom is -0.404 e. The van der Waals surface area contributed by atoms with Crippen molar-refractivity contribution < 1.29 is 27.4 Å². The SMILES string of the molecule is COCCOCCCN=C(N)Nc1ccccc1OC(F)(F)F. The number of alkyl halides is 3. The molecule has 0 fully saturated rings. The molecule has 0 saturated carbocycles. The maximum absolute atomic E-state index is 12.3. The second-order valence-electron chi connectivity index (χ2n) is 4.39. The third-order valence-corrected chi connectivity index (χ3v) is 2.54. The summed E-state index contributed by atoms with van der Waals surface area (Å²) in [7, 11) is 1.58. The van der Waals surface area contributed by atoms with Gasteiger partial charge in [0.05, 0.1) is 18.9 Å². The van der Waals surface area contributed by atoms with Gasteiger partial charge in [-0.2, -0.15) is 0 Å². The first-order chi connectivity index (χ1) is 10.9. The summed E-state index contributed by atoms with van der Waals surface area (Å²) in [6.07, 6.45) is -4.14. The van der Waals surface area contributed by atoms with Crippen LogP contribution in [0.15, 0.2) is 29.3 Å². The second kappa shape index (κ2) is 9.90. The molecule has 1 rings (SSSR count). The summed E-state index contributed by atoms with van der Waals surface area (Å²) in [6.45, 7) is 1.89. The third-order valence-electron chi connectivity index (χ3n) is 2.54. The van der Waals surface area contributed by atoms with Gasteiger partial charge in [0.2, 0.25) is 0 Å². The minimum atomic E-state index is -4.77. The molecule has 0 spiro atoms. The van der Waals surface area contributed by atoms with Crippen LogP contribution < -0.4 is 15.8 Å². The molecule has 1 aromatic carbocycles. The lowest BCUT2D eigenvalue weighted by atomic mass is 10.3. The highest BCUT2D eigenvalue weighted by Gasteiger charge is 2.32. The largest absolute Gasteiger partial charge is 0.573 e. The monoisotopic (exact) mass is 335 g/mol. The number of nitrogens with one attached hydrogen (secondary N) is 1. The summed E-state index contributed by atoms with van der Waals surface area (Å²) in [5.74, 6) is -0.374. The fourth-order valence-electron chi connectivity index (χ4n) is 1.57. The number of aliphatic imine (C=N–C) groups is 1. The van der Waals surface area contributed by atoms with E-state index in [2.05, 4.69) is 15.0 Å². The molecular weight excluding hydrogens is 315 g/mol. The molecule has 3 N–H and O–H groups in total. The van der Waals surface area contributed by atoms with E-state index >= 15 is 0 Å². The number of rotatable bonds is 9. The number of benzene rings is 1. The van der Waals surface area contributed by atoms with Crippen LogP contribution in [-0.2, 0) is 9.47 Å². The Labute approximate surface area is 132 Å². The molecule has 0 amide bonds. The Morgan fingerprint density at radius 1 is 1.22 bits per heavy atom.